The molecule has 0 spiro atoms. The number of halogens is 4. The summed E-state index contributed by atoms with van der Waals surface area (Å²) in [4.78, 5) is -0.766. The molecule has 1 aromatic carbocycles. The molecule has 1 aliphatic heterocycles. The monoisotopic (exact) mass is 249 g/mol. The zero-order valence-corrected chi connectivity index (χ0v) is 9.41. The maximum Gasteiger partial charge on any atom is 0.416 e. The van der Waals surface area contributed by atoms with Crippen LogP contribution in [0.4, 0.5) is 13.2 Å². The minimum Gasteiger partial charge on any atom is -0.295 e. The molecule has 1 unspecified atom stereocenters. The predicted molar refractivity (Wildman–Crippen MR) is 56.4 cm³/mol. The van der Waals surface area contributed by atoms with Gasteiger partial charge in [0.25, 0.3) is 0 Å². The largest absolute Gasteiger partial charge is 0.416 e. The zero-order chi connectivity index (χ0) is 12.0. The van der Waals surface area contributed by atoms with Crippen LogP contribution in [0.15, 0.2) is 18.2 Å². The van der Waals surface area contributed by atoms with Crippen molar-refractivity contribution in [3.8, 4) is 0 Å². The van der Waals surface area contributed by atoms with E-state index in [9.17, 15) is 13.2 Å². The molecule has 1 heterocycles. The van der Waals surface area contributed by atoms with Gasteiger partial charge < -0.3 is 0 Å². The number of alkyl halides is 4. The summed E-state index contributed by atoms with van der Waals surface area (Å²) in [5.74, 6) is 0. The first-order valence-corrected chi connectivity index (χ1v) is 5.33. The van der Waals surface area contributed by atoms with E-state index in [4.69, 9.17) is 11.6 Å². The van der Waals surface area contributed by atoms with Crippen molar-refractivity contribution in [1.82, 2.24) is 5.32 Å². The highest BCUT2D eigenvalue weighted by atomic mass is 35.5. The smallest absolute Gasteiger partial charge is 0.295 e. The van der Waals surface area contributed by atoms with Crippen LogP contribution in [-0.4, -0.2) is 6.54 Å². The number of nitrogens with one attached hydrogen (secondary N) is 1. The molecule has 0 amide bonds. The third-order valence-corrected chi connectivity index (χ3v) is 3.13. The lowest BCUT2D eigenvalue weighted by atomic mass is 9.93. The Labute approximate surface area is 96.6 Å². The predicted octanol–water partition coefficient (Wildman–Crippen LogP) is 3.26. The maximum absolute atomic E-state index is 12.5. The fourth-order valence-electron chi connectivity index (χ4n) is 1.96. The SMILES string of the molecule is CC1(Cl)NCCc2cc(C(F)(F)F)ccc21. The molecule has 16 heavy (non-hydrogen) atoms. The molecule has 0 aliphatic carbocycles. The Kier molecular flexibility index (Phi) is 2.67. The highest BCUT2D eigenvalue weighted by Gasteiger charge is 2.34. The molecular weight excluding hydrogens is 239 g/mol. The molecule has 5 heteroatoms. The van der Waals surface area contributed by atoms with Gasteiger partial charge in [-0.1, -0.05) is 17.7 Å². The summed E-state index contributed by atoms with van der Waals surface area (Å²) in [5.41, 5.74) is 0.792. The van der Waals surface area contributed by atoms with Crippen LogP contribution in [0.25, 0.3) is 0 Å². The lowest BCUT2D eigenvalue weighted by Gasteiger charge is -2.32. The van der Waals surface area contributed by atoms with E-state index >= 15 is 0 Å². The van der Waals surface area contributed by atoms with Gasteiger partial charge in [0, 0.05) is 6.54 Å². The van der Waals surface area contributed by atoms with Crippen molar-refractivity contribution in [2.75, 3.05) is 6.54 Å². The van der Waals surface area contributed by atoms with Crippen LogP contribution < -0.4 is 5.32 Å². The van der Waals surface area contributed by atoms with Gasteiger partial charge in [0.1, 0.15) is 5.00 Å². The number of fused-ring (bicyclic) bond motifs is 1. The van der Waals surface area contributed by atoms with Crippen LogP contribution >= 0.6 is 11.6 Å². The standard InChI is InChI=1S/C11H11ClF3N/c1-10(12)9-3-2-8(11(13,14)15)6-7(9)4-5-16-10/h2-3,6,16H,4-5H2,1H3. The van der Waals surface area contributed by atoms with Gasteiger partial charge in [-0.05, 0) is 36.6 Å². The average molecular weight is 250 g/mol. The molecule has 88 valence electrons. The molecule has 0 saturated heterocycles. The van der Waals surface area contributed by atoms with Gasteiger partial charge in [-0.2, -0.15) is 13.2 Å². The first-order valence-electron chi connectivity index (χ1n) is 4.95. The second-order valence-corrected chi connectivity index (χ2v) is 4.81. The van der Waals surface area contributed by atoms with Crippen LogP contribution in [-0.2, 0) is 17.6 Å². The van der Waals surface area contributed by atoms with Gasteiger partial charge in [0.05, 0.1) is 5.56 Å². The molecule has 0 fully saturated rings. The quantitative estimate of drug-likeness (QED) is 0.550. The average Bonchev–Trinajstić information content (AvgIpc) is 2.15. The van der Waals surface area contributed by atoms with E-state index in [1.165, 1.54) is 12.1 Å². The van der Waals surface area contributed by atoms with Gasteiger partial charge >= 0.3 is 6.18 Å². The van der Waals surface area contributed by atoms with Gasteiger partial charge in [0.2, 0.25) is 0 Å². The summed E-state index contributed by atoms with van der Waals surface area (Å²) in [6, 6.07) is 3.72. The second kappa shape index (κ2) is 3.64. The van der Waals surface area contributed by atoms with Crippen molar-refractivity contribution in [2.24, 2.45) is 0 Å². The molecule has 0 bridgehead atoms. The highest BCUT2D eigenvalue weighted by molar-refractivity contribution is 6.23. The Hall–Kier alpha value is -0.740. The van der Waals surface area contributed by atoms with E-state index in [0.29, 0.717) is 18.5 Å². The molecule has 2 rings (SSSR count). The van der Waals surface area contributed by atoms with E-state index in [0.717, 1.165) is 11.6 Å². The summed E-state index contributed by atoms with van der Waals surface area (Å²) < 4.78 is 37.5. The summed E-state index contributed by atoms with van der Waals surface area (Å²) in [6.07, 6.45) is -3.72. The van der Waals surface area contributed by atoms with Crippen molar-refractivity contribution in [2.45, 2.75) is 24.5 Å². The number of hydrogen-bond acceptors (Lipinski definition) is 1. The number of hydrogen-bond donors (Lipinski definition) is 1. The lowest BCUT2D eigenvalue weighted by Crippen LogP contribution is -2.40. The van der Waals surface area contributed by atoms with Crippen LogP contribution in [0.5, 0.6) is 0 Å². The van der Waals surface area contributed by atoms with Crippen molar-refractivity contribution in [3.05, 3.63) is 34.9 Å². The third kappa shape index (κ3) is 2.04. The summed E-state index contributed by atoms with van der Waals surface area (Å²) in [7, 11) is 0. The molecule has 1 N–H and O–H groups in total. The van der Waals surface area contributed by atoms with E-state index < -0.39 is 16.7 Å². The Bertz CT molecular complexity index is 412. The topological polar surface area (TPSA) is 12.0 Å². The Morgan fingerprint density at radius 1 is 1.38 bits per heavy atom. The zero-order valence-electron chi connectivity index (χ0n) is 8.66. The number of rotatable bonds is 0. The van der Waals surface area contributed by atoms with Gasteiger partial charge in [0.15, 0.2) is 0 Å². The Balaban J connectivity index is 2.48. The minimum absolute atomic E-state index is 0.571. The summed E-state index contributed by atoms with van der Waals surface area (Å²) in [6.45, 7) is 2.34. The third-order valence-electron chi connectivity index (χ3n) is 2.79. The van der Waals surface area contributed by atoms with Crippen LogP contribution in [0, 0.1) is 0 Å². The normalized spacial score (nSPS) is 25.3. The molecular formula is C11H11ClF3N. The van der Waals surface area contributed by atoms with E-state index in [1.807, 2.05) is 0 Å². The van der Waals surface area contributed by atoms with E-state index in [-0.39, 0.29) is 0 Å². The number of benzene rings is 1. The minimum atomic E-state index is -4.29. The second-order valence-electron chi connectivity index (χ2n) is 4.05. The molecule has 0 aromatic heterocycles. The van der Waals surface area contributed by atoms with Crippen LogP contribution in [0.1, 0.15) is 23.6 Å². The van der Waals surface area contributed by atoms with Crippen molar-refractivity contribution < 1.29 is 13.2 Å². The van der Waals surface area contributed by atoms with Gasteiger partial charge in [-0.25, -0.2) is 0 Å². The molecule has 1 aliphatic rings. The first-order chi connectivity index (χ1) is 7.31. The van der Waals surface area contributed by atoms with Crippen molar-refractivity contribution in [1.29, 1.82) is 0 Å². The van der Waals surface area contributed by atoms with Crippen molar-refractivity contribution >= 4 is 11.6 Å². The van der Waals surface area contributed by atoms with Crippen LogP contribution in [0.3, 0.4) is 0 Å². The first kappa shape index (κ1) is 11.7. The fourth-order valence-corrected chi connectivity index (χ4v) is 2.24. The van der Waals surface area contributed by atoms with E-state index in [2.05, 4.69) is 5.32 Å². The molecule has 0 radical (unpaired) electrons. The summed E-state index contributed by atoms with van der Waals surface area (Å²) >= 11 is 6.18. The maximum atomic E-state index is 12.5. The van der Waals surface area contributed by atoms with E-state index in [1.54, 1.807) is 6.92 Å². The lowest BCUT2D eigenvalue weighted by molar-refractivity contribution is -0.137. The van der Waals surface area contributed by atoms with Crippen LogP contribution in [0.2, 0.25) is 0 Å². The molecule has 1 aromatic rings. The molecule has 0 saturated carbocycles. The van der Waals surface area contributed by atoms with Gasteiger partial charge in [-0.15, -0.1) is 0 Å². The Morgan fingerprint density at radius 3 is 2.69 bits per heavy atom. The fraction of sp³-hybridized carbons (Fsp3) is 0.455. The highest BCUT2D eigenvalue weighted by Crippen LogP contribution is 2.36. The van der Waals surface area contributed by atoms with Gasteiger partial charge in [-0.3, -0.25) is 5.32 Å². The summed E-state index contributed by atoms with van der Waals surface area (Å²) in [5, 5.41) is 3.06. The molecule has 1 nitrogen and oxygen atoms in total. The Morgan fingerprint density at radius 2 is 2.06 bits per heavy atom. The van der Waals surface area contributed by atoms with Crippen molar-refractivity contribution in [3.63, 3.8) is 0 Å². The molecule has 1 atom stereocenters.